The Hall–Kier alpha value is -1.59. The average Bonchev–Trinajstić information content (AvgIpc) is 2.13. The zero-order chi connectivity index (χ0) is 13.2. The highest BCUT2D eigenvalue weighted by Gasteiger charge is 2.42. The van der Waals surface area contributed by atoms with Crippen molar-refractivity contribution in [2.45, 2.75) is 25.4 Å². The summed E-state index contributed by atoms with van der Waals surface area (Å²) in [6, 6.07) is 2.82. The number of rotatable bonds is 3. The predicted octanol–water partition coefficient (Wildman–Crippen LogP) is 3.25. The van der Waals surface area contributed by atoms with Crippen LogP contribution in [0.2, 0.25) is 0 Å². The van der Waals surface area contributed by atoms with Crippen LogP contribution in [0.1, 0.15) is 23.5 Å². The van der Waals surface area contributed by atoms with Crippen LogP contribution in [-0.2, 0) is 4.79 Å². The molecule has 1 aromatic rings. The molecule has 2 nitrogen and oxygen atoms in total. The van der Waals surface area contributed by atoms with Crippen molar-refractivity contribution in [3.8, 4) is 0 Å². The molecule has 17 heavy (non-hydrogen) atoms. The van der Waals surface area contributed by atoms with Gasteiger partial charge in [-0.1, -0.05) is 6.07 Å². The summed E-state index contributed by atoms with van der Waals surface area (Å²) in [4.78, 5) is 10.4. The highest BCUT2D eigenvalue weighted by Crippen LogP contribution is 2.38. The second kappa shape index (κ2) is 4.73. The normalized spacial score (nSPS) is 13.5. The van der Waals surface area contributed by atoms with Crippen molar-refractivity contribution < 1.29 is 27.5 Å². The average molecular weight is 250 g/mol. The van der Waals surface area contributed by atoms with Crippen molar-refractivity contribution in [1.29, 1.82) is 0 Å². The van der Waals surface area contributed by atoms with Gasteiger partial charge >= 0.3 is 12.1 Å². The van der Waals surface area contributed by atoms with Gasteiger partial charge in [-0.3, -0.25) is 4.79 Å². The molecule has 0 saturated carbocycles. The zero-order valence-electron chi connectivity index (χ0n) is 8.88. The van der Waals surface area contributed by atoms with Crippen LogP contribution >= 0.6 is 0 Å². The molecule has 0 spiro atoms. The van der Waals surface area contributed by atoms with Crippen LogP contribution in [0.15, 0.2) is 18.2 Å². The van der Waals surface area contributed by atoms with E-state index in [-0.39, 0.29) is 11.1 Å². The molecule has 0 bridgehead atoms. The lowest BCUT2D eigenvalue weighted by Crippen LogP contribution is -2.24. The van der Waals surface area contributed by atoms with E-state index in [4.69, 9.17) is 5.11 Å². The van der Waals surface area contributed by atoms with E-state index in [0.717, 1.165) is 18.2 Å². The van der Waals surface area contributed by atoms with Gasteiger partial charge in [-0.05, 0) is 30.2 Å². The van der Waals surface area contributed by atoms with E-state index < -0.39 is 30.3 Å². The van der Waals surface area contributed by atoms with E-state index in [1.165, 1.54) is 6.92 Å². The summed E-state index contributed by atoms with van der Waals surface area (Å²) in [6.07, 6.45) is -5.73. The SMILES string of the molecule is Cc1cc(F)ccc1C(CC(=O)O)C(F)(F)F. The number of aliphatic carboxylic acids is 1. The van der Waals surface area contributed by atoms with Crippen LogP contribution in [0, 0.1) is 12.7 Å². The fourth-order valence-corrected chi connectivity index (χ4v) is 1.61. The van der Waals surface area contributed by atoms with Crippen LogP contribution in [0.25, 0.3) is 0 Å². The number of hydrogen-bond acceptors (Lipinski definition) is 1. The Morgan fingerprint density at radius 3 is 2.41 bits per heavy atom. The lowest BCUT2D eigenvalue weighted by Gasteiger charge is -2.20. The number of aryl methyl sites for hydroxylation is 1. The van der Waals surface area contributed by atoms with Crippen LogP contribution in [0.3, 0.4) is 0 Å². The lowest BCUT2D eigenvalue weighted by molar-refractivity contribution is -0.163. The fourth-order valence-electron chi connectivity index (χ4n) is 1.61. The van der Waals surface area contributed by atoms with Gasteiger partial charge < -0.3 is 5.11 Å². The third-order valence-corrected chi connectivity index (χ3v) is 2.38. The molecular formula is C11H10F4O2. The topological polar surface area (TPSA) is 37.3 Å². The highest BCUT2D eigenvalue weighted by molar-refractivity contribution is 5.68. The molecule has 0 heterocycles. The third kappa shape index (κ3) is 3.44. The molecule has 0 fully saturated rings. The van der Waals surface area contributed by atoms with Gasteiger partial charge in [0.05, 0.1) is 12.3 Å². The molecule has 1 atom stereocenters. The molecule has 6 heteroatoms. The molecule has 1 aromatic carbocycles. The number of carboxylic acid groups (broad SMARTS) is 1. The Bertz CT molecular complexity index is 426. The molecule has 0 aliphatic heterocycles. The largest absolute Gasteiger partial charge is 0.481 e. The summed E-state index contributed by atoms with van der Waals surface area (Å²) in [5.74, 6) is -4.31. The number of hydrogen-bond donors (Lipinski definition) is 1. The first-order valence-electron chi connectivity index (χ1n) is 4.76. The monoisotopic (exact) mass is 250 g/mol. The minimum absolute atomic E-state index is 0.0913. The summed E-state index contributed by atoms with van der Waals surface area (Å²) < 4.78 is 50.8. The summed E-state index contributed by atoms with van der Waals surface area (Å²) in [6.45, 7) is 1.32. The minimum Gasteiger partial charge on any atom is -0.481 e. The summed E-state index contributed by atoms with van der Waals surface area (Å²) in [7, 11) is 0. The van der Waals surface area contributed by atoms with Crippen LogP contribution in [0.5, 0.6) is 0 Å². The zero-order valence-corrected chi connectivity index (χ0v) is 8.88. The van der Waals surface area contributed by atoms with Crippen molar-refractivity contribution >= 4 is 5.97 Å². The molecule has 0 amide bonds. The third-order valence-electron chi connectivity index (χ3n) is 2.38. The van der Waals surface area contributed by atoms with Gasteiger partial charge in [-0.15, -0.1) is 0 Å². The van der Waals surface area contributed by atoms with Crippen molar-refractivity contribution in [2.75, 3.05) is 0 Å². The summed E-state index contributed by atoms with van der Waals surface area (Å²) in [5, 5.41) is 8.48. The number of halogens is 4. The molecule has 94 valence electrons. The maximum atomic E-state index is 12.8. The summed E-state index contributed by atoms with van der Waals surface area (Å²) >= 11 is 0. The van der Waals surface area contributed by atoms with Gasteiger partial charge in [-0.25, -0.2) is 4.39 Å². The second-order valence-corrected chi connectivity index (χ2v) is 3.69. The van der Waals surface area contributed by atoms with E-state index in [1.54, 1.807) is 0 Å². The Labute approximate surface area is 94.9 Å². The fraction of sp³-hybridized carbons (Fsp3) is 0.364. The Kier molecular flexibility index (Phi) is 3.75. The maximum absolute atomic E-state index is 12.8. The minimum atomic E-state index is -4.67. The van der Waals surface area contributed by atoms with Gasteiger partial charge in [0.1, 0.15) is 5.82 Å². The van der Waals surface area contributed by atoms with Crippen molar-refractivity contribution in [2.24, 2.45) is 0 Å². The molecule has 1 unspecified atom stereocenters. The summed E-state index contributed by atoms with van der Waals surface area (Å²) in [5.41, 5.74) is -0.116. The van der Waals surface area contributed by atoms with Crippen LogP contribution in [0.4, 0.5) is 17.6 Å². The molecule has 1 N–H and O–H groups in total. The first kappa shape index (κ1) is 13.5. The van der Waals surface area contributed by atoms with Gasteiger partial charge in [0.25, 0.3) is 0 Å². The van der Waals surface area contributed by atoms with Gasteiger partial charge in [0.2, 0.25) is 0 Å². The van der Waals surface area contributed by atoms with Crippen LogP contribution < -0.4 is 0 Å². The first-order valence-corrected chi connectivity index (χ1v) is 4.76. The van der Waals surface area contributed by atoms with E-state index in [1.807, 2.05) is 0 Å². The quantitative estimate of drug-likeness (QED) is 0.836. The maximum Gasteiger partial charge on any atom is 0.396 e. The molecule has 0 radical (unpaired) electrons. The Balaban J connectivity index is 3.17. The van der Waals surface area contributed by atoms with Gasteiger partial charge in [0.15, 0.2) is 0 Å². The van der Waals surface area contributed by atoms with E-state index in [2.05, 4.69) is 0 Å². The molecule has 0 aromatic heterocycles. The van der Waals surface area contributed by atoms with Crippen molar-refractivity contribution in [3.63, 3.8) is 0 Å². The van der Waals surface area contributed by atoms with Crippen LogP contribution in [-0.4, -0.2) is 17.3 Å². The van der Waals surface area contributed by atoms with E-state index >= 15 is 0 Å². The van der Waals surface area contributed by atoms with Gasteiger partial charge in [-0.2, -0.15) is 13.2 Å². The predicted molar refractivity (Wildman–Crippen MR) is 52.2 cm³/mol. The number of carboxylic acids is 1. The Morgan fingerprint density at radius 2 is 2.00 bits per heavy atom. The molecule has 0 saturated heterocycles. The Morgan fingerprint density at radius 1 is 1.41 bits per heavy atom. The molecule has 0 aliphatic carbocycles. The molecular weight excluding hydrogens is 240 g/mol. The smallest absolute Gasteiger partial charge is 0.396 e. The van der Waals surface area contributed by atoms with Crippen molar-refractivity contribution in [1.82, 2.24) is 0 Å². The lowest BCUT2D eigenvalue weighted by atomic mass is 9.91. The first-order chi connectivity index (χ1) is 7.71. The highest BCUT2D eigenvalue weighted by atomic mass is 19.4. The number of carbonyl (C=O) groups is 1. The van der Waals surface area contributed by atoms with Gasteiger partial charge in [0, 0.05) is 0 Å². The number of alkyl halides is 3. The van der Waals surface area contributed by atoms with E-state index in [9.17, 15) is 22.4 Å². The van der Waals surface area contributed by atoms with E-state index in [0.29, 0.717) is 0 Å². The number of benzene rings is 1. The standard InChI is InChI=1S/C11H10F4O2/c1-6-4-7(12)2-3-8(6)9(5-10(16)17)11(13,14)15/h2-4,9H,5H2,1H3,(H,16,17). The second-order valence-electron chi connectivity index (χ2n) is 3.69. The van der Waals surface area contributed by atoms with Crippen molar-refractivity contribution in [3.05, 3.63) is 35.1 Å². The molecule has 0 aliphatic rings. The molecule has 1 rings (SSSR count).